The Morgan fingerprint density at radius 2 is 2.19 bits per heavy atom. The lowest BCUT2D eigenvalue weighted by Crippen LogP contribution is -2.09. The first kappa shape index (κ1) is 9.58. The third-order valence-electron chi connectivity index (χ3n) is 3.19. The molecule has 0 amide bonds. The number of imidazole rings is 1. The zero-order valence-corrected chi connectivity index (χ0v) is 9.26. The van der Waals surface area contributed by atoms with Crippen LogP contribution in [0.5, 0.6) is 0 Å². The van der Waals surface area contributed by atoms with E-state index in [0.29, 0.717) is 0 Å². The average Bonchev–Trinajstić information content (AvgIpc) is 2.74. The molecule has 2 heterocycles. The number of pyridine rings is 1. The molecule has 0 aliphatic heterocycles. The molecule has 82 valence electrons. The van der Waals surface area contributed by atoms with Crippen molar-refractivity contribution in [1.82, 2.24) is 14.5 Å². The highest BCUT2D eigenvalue weighted by Gasteiger charge is 2.14. The Bertz CT molecular complexity index is 473. The molecule has 1 aliphatic carbocycles. The van der Waals surface area contributed by atoms with E-state index in [1.165, 1.54) is 36.2 Å². The molecule has 0 atom stereocenters. The third-order valence-corrected chi connectivity index (χ3v) is 3.19. The zero-order chi connectivity index (χ0) is 10.8. The topological polar surface area (TPSA) is 30.7 Å². The molecule has 3 rings (SSSR count). The van der Waals surface area contributed by atoms with Gasteiger partial charge in [-0.2, -0.15) is 0 Å². The van der Waals surface area contributed by atoms with Crippen molar-refractivity contribution in [3.05, 3.63) is 47.8 Å². The minimum absolute atomic E-state index is 0.899. The van der Waals surface area contributed by atoms with E-state index in [-0.39, 0.29) is 0 Å². The summed E-state index contributed by atoms with van der Waals surface area (Å²) >= 11 is 0. The lowest BCUT2D eigenvalue weighted by atomic mass is 10.0. The van der Waals surface area contributed by atoms with Crippen LogP contribution in [0.4, 0.5) is 0 Å². The van der Waals surface area contributed by atoms with E-state index in [1.54, 1.807) is 0 Å². The lowest BCUT2D eigenvalue weighted by Gasteiger charge is -2.13. The number of fused-ring (bicyclic) bond motifs is 1. The second-order valence-electron chi connectivity index (χ2n) is 4.33. The smallest absolute Gasteiger partial charge is 0.0954 e. The molecule has 1 aliphatic rings. The summed E-state index contributed by atoms with van der Waals surface area (Å²) in [5, 5.41) is 0. The maximum absolute atomic E-state index is 4.50. The Balaban J connectivity index is 1.88. The molecule has 16 heavy (non-hydrogen) atoms. The highest BCUT2D eigenvalue weighted by atomic mass is 15.1. The molecule has 0 N–H and O–H groups in total. The van der Waals surface area contributed by atoms with Gasteiger partial charge in [-0.3, -0.25) is 4.98 Å². The van der Waals surface area contributed by atoms with Crippen molar-refractivity contribution in [2.45, 2.75) is 32.2 Å². The summed E-state index contributed by atoms with van der Waals surface area (Å²) < 4.78 is 2.27. The Labute approximate surface area is 95.2 Å². The van der Waals surface area contributed by atoms with Crippen molar-refractivity contribution < 1.29 is 0 Å². The summed E-state index contributed by atoms with van der Waals surface area (Å²) in [7, 11) is 0. The molecular weight excluding hydrogens is 198 g/mol. The molecule has 3 heteroatoms. The summed E-state index contributed by atoms with van der Waals surface area (Å²) in [6.07, 6.45) is 10.6. The minimum atomic E-state index is 0.899. The van der Waals surface area contributed by atoms with Gasteiger partial charge in [0.1, 0.15) is 0 Å². The van der Waals surface area contributed by atoms with E-state index in [2.05, 4.69) is 20.6 Å². The van der Waals surface area contributed by atoms with Gasteiger partial charge in [0.25, 0.3) is 0 Å². The number of hydrogen-bond donors (Lipinski definition) is 0. The highest BCUT2D eigenvalue weighted by molar-refractivity contribution is 5.19. The zero-order valence-electron chi connectivity index (χ0n) is 9.26. The first-order valence-corrected chi connectivity index (χ1v) is 5.85. The molecule has 0 spiro atoms. The van der Waals surface area contributed by atoms with E-state index >= 15 is 0 Å². The van der Waals surface area contributed by atoms with Crippen LogP contribution in [0, 0.1) is 0 Å². The Kier molecular flexibility index (Phi) is 2.44. The van der Waals surface area contributed by atoms with Gasteiger partial charge in [0.2, 0.25) is 0 Å². The van der Waals surface area contributed by atoms with E-state index in [0.717, 1.165) is 13.0 Å². The number of aromatic nitrogens is 3. The Hall–Kier alpha value is -1.64. The highest BCUT2D eigenvalue weighted by Crippen LogP contribution is 2.20. The van der Waals surface area contributed by atoms with Crippen molar-refractivity contribution in [3.8, 4) is 0 Å². The molecule has 0 fully saturated rings. The van der Waals surface area contributed by atoms with Crippen LogP contribution in [0.2, 0.25) is 0 Å². The van der Waals surface area contributed by atoms with E-state index in [4.69, 9.17) is 0 Å². The maximum Gasteiger partial charge on any atom is 0.0954 e. The predicted octanol–water partition coefficient (Wildman–Crippen LogP) is 2.21. The van der Waals surface area contributed by atoms with Crippen LogP contribution < -0.4 is 0 Å². The molecular formula is C13H15N3. The van der Waals surface area contributed by atoms with Crippen LogP contribution >= 0.6 is 0 Å². The lowest BCUT2D eigenvalue weighted by molar-refractivity contribution is 0.628. The van der Waals surface area contributed by atoms with Gasteiger partial charge in [-0.05, 0) is 37.3 Å². The monoisotopic (exact) mass is 213 g/mol. The SMILES string of the molecule is c1cncc(Cn2cnc3c2CCCC3)c1. The fourth-order valence-corrected chi connectivity index (χ4v) is 2.36. The Morgan fingerprint density at radius 1 is 1.25 bits per heavy atom. The molecule has 0 bridgehead atoms. The van der Waals surface area contributed by atoms with E-state index in [9.17, 15) is 0 Å². The fourth-order valence-electron chi connectivity index (χ4n) is 2.36. The molecule has 2 aromatic rings. The largest absolute Gasteiger partial charge is 0.330 e. The second-order valence-corrected chi connectivity index (χ2v) is 4.33. The van der Waals surface area contributed by atoms with Crippen molar-refractivity contribution in [2.24, 2.45) is 0 Å². The Morgan fingerprint density at radius 3 is 3.06 bits per heavy atom. The van der Waals surface area contributed by atoms with Crippen molar-refractivity contribution in [1.29, 1.82) is 0 Å². The van der Waals surface area contributed by atoms with Crippen LogP contribution in [0.3, 0.4) is 0 Å². The van der Waals surface area contributed by atoms with Gasteiger partial charge in [0.05, 0.1) is 18.6 Å². The normalized spacial score (nSPS) is 14.8. The number of nitrogens with zero attached hydrogens (tertiary/aromatic N) is 3. The van der Waals surface area contributed by atoms with Crippen LogP contribution in [-0.4, -0.2) is 14.5 Å². The van der Waals surface area contributed by atoms with E-state index < -0.39 is 0 Å². The van der Waals surface area contributed by atoms with Gasteiger partial charge in [-0.15, -0.1) is 0 Å². The van der Waals surface area contributed by atoms with Gasteiger partial charge < -0.3 is 4.57 Å². The third kappa shape index (κ3) is 1.73. The second kappa shape index (κ2) is 4.08. The number of rotatable bonds is 2. The van der Waals surface area contributed by atoms with Crippen molar-refractivity contribution in [3.63, 3.8) is 0 Å². The number of aryl methyl sites for hydroxylation is 1. The average molecular weight is 213 g/mol. The van der Waals surface area contributed by atoms with Gasteiger partial charge in [-0.25, -0.2) is 4.98 Å². The summed E-state index contributed by atoms with van der Waals surface area (Å²) in [5.74, 6) is 0. The number of hydrogen-bond acceptors (Lipinski definition) is 2. The summed E-state index contributed by atoms with van der Waals surface area (Å²) in [5.41, 5.74) is 3.97. The molecule has 0 radical (unpaired) electrons. The van der Waals surface area contributed by atoms with Crippen LogP contribution in [0.25, 0.3) is 0 Å². The predicted molar refractivity (Wildman–Crippen MR) is 62.2 cm³/mol. The van der Waals surface area contributed by atoms with Gasteiger partial charge in [-0.1, -0.05) is 6.07 Å². The van der Waals surface area contributed by atoms with Crippen molar-refractivity contribution >= 4 is 0 Å². The first-order valence-electron chi connectivity index (χ1n) is 5.85. The summed E-state index contributed by atoms with van der Waals surface area (Å²) in [4.78, 5) is 8.64. The van der Waals surface area contributed by atoms with Crippen LogP contribution in [0.15, 0.2) is 30.9 Å². The summed E-state index contributed by atoms with van der Waals surface area (Å²) in [6, 6.07) is 4.10. The van der Waals surface area contributed by atoms with Crippen LogP contribution in [0.1, 0.15) is 29.8 Å². The van der Waals surface area contributed by atoms with Gasteiger partial charge in [0, 0.05) is 18.1 Å². The molecule has 0 aromatic carbocycles. The van der Waals surface area contributed by atoms with E-state index in [1.807, 2.05) is 24.8 Å². The fraction of sp³-hybridized carbons (Fsp3) is 0.385. The van der Waals surface area contributed by atoms with Crippen LogP contribution in [-0.2, 0) is 19.4 Å². The quantitative estimate of drug-likeness (QED) is 0.765. The summed E-state index contributed by atoms with van der Waals surface area (Å²) in [6.45, 7) is 0.899. The molecule has 0 saturated heterocycles. The van der Waals surface area contributed by atoms with Crippen molar-refractivity contribution in [2.75, 3.05) is 0 Å². The molecule has 0 saturated carbocycles. The molecule has 0 unspecified atom stereocenters. The minimum Gasteiger partial charge on any atom is -0.330 e. The maximum atomic E-state index is 4.50. The van der Waals surface area contributed by atoms with Gasteiger partial charge in [0.15, 0.2) is 0 Å². The van der Waals surface area contributed by atoms with Gasteiger partial charge >= 0.3 is 0 Å². The standard InChI is InChI=1S/C13H15N3/c1-2-6-13-12(5-1)15-10-16(13)9-11-4-3-7-14-8-11/h3-4,7-8,10H,1-2,5-6,9H2. The molecule has 2 aromatic heterocycles. The first-order chi connectivity index (χ1) is 7.93. The molecule has 3 nitrogen and oxygen atoms in total.